The molecule has 0 radical (unpaired) electrons. The lowest BCUT2D eigenvalue weighted by Crippen LogP contribution is -2.43. The van der Waals surface area contributed by atoms with Crippen LogP contribution in [0, 0.1) is 0 Å². The minimum Gasteiger partial charge on any atom is -0.303 e. The van der Waals surface area contributed by atoms with E-state index in [1.165, 1.54) is 19.3 Å². The molecule has 2 N–H and O–H groups in total. The number of carbonyl (C=O) groups is 2. The van der Waals surface area contributed by atoms with Gasteiger partial charge in [-0.1, -0.05) is 19.3 Å². The van der Waals surface area contributed by atoms with Crippen molar-refractivity contribution in [3.8, 4) is 0 Å². The summed E-state index contributed by atoms with van der Waals surface area (Å²) in [5.74, 6) is -0.302. The highest BCUT2D eigenvalue weighted by molar-refractivity contribution is 6.05. The number of hydrogen-bond acceptors (Lipinski definition) is 3. The van der Waals surface area contributed by atoms with Crippen LogP contribution in [0.1, 0.15) is 38.5 Å². The molecule has 2 amide bonds. The summed E-state index contributed by atoms with van der Waals surface area (Å²) >= 11 is 0. The van der Waals surface area contributed by atoms with Gasteiger partial charge in [0.25, 0.3) is 0 Å². The molecule has 2 rings (SSSR count). The van der Waals surface area contributed by atoms with Crippen LogP contribution in [-0.4, -0.2) is 23.9 Å². The van der Waals surface area contributed by atoms with Crippen molar-refractivity contribution in [2.75, 3.05) is 0 Å². The second-order valence-electron chi connectivity index (χ2n) is 4.17. The van der Waals surface area contributed by atoms with E-state index in [2.05, 4.69) is 10.6 Å². The molecule has 0 aromatic heterocycles. The highest BCUT2D eigenvalue weighted by Crippen LogP contribution is 2.18. The molecule has 14 heavy (non-hydrogen) atoms. The number of imide groups is 1. The molecule has 0 bridgehead atoms. The van der Waals surface area contributed by atoms with E-state index >= 15 is 0 Å². The lowest BCUT2D eigenvalue weighted by atomic mass is 9.95. The Hall–Kier alpha value is -0.900. The number of nitrogens with one attached hydrogen (secondary N) is 2. The van der Waals surface area contributed by atoms with Gasteiger partial charge in [-0.2, -0.15) is 0 Å². The van der Waals surface area contributed by atoms with Gasteiger partial charge >= 0.3 is 0 Å². The maximum atomic E-state index is 11.3. The van der Waals surface area contributed by atoms with Gasteiger partial charge in [0.2, 0.25) is 11.8 Å². The summed E-state index contributed by atoms with van der Waals surface area (Å²) in [4.78, 5) is 22.2. The molecule has 4 heteroatoms. The summed E-state index contributed by atoms with van der Waals surface area (Å²) < 4.78 is 0. The van der Waals surface area contributed by atoms with Crippen LogP contribution in [0.25, 0.3) is 0 Å². The van der Waals surface area contributed by atoms with Gasteiger partial charge < -0.3 is 5.32 Å². The summed E-state index contributed by atoms with van der Waals surface area (Å²) in [6.45, 7) is 0. The van der Waals surface area contributed by atoms with Crippen molar-refractivity contribution in [3.05, 3.63) is 0 Å². The van der Waals surface area contributed by atoms with E-state index in [1.54, 1.807) is 0 Å². The quantitative estimate of drug-likeness (QED) is 0.625. The molecule has 1 aliphatic heterocycles. The van der Waals surface area contributed by atoms with Gasteiger partial charge in [-0.15, -0.1) is 0 Å². The number of amides is 2. The van der Waals surface area contributed by atoms with Crippen LogP contribution in [0.2, 0.25) is 0 Å². The maximum absolute atomic E-state index is 11.3. The van der Waals surface area contributed by atoms with Gasteiger partial charge in [-0.05, 0) is 12.8 Å². The van der Waals surface area contributed by atoms with E-state index in [0.717, 1.165) is 12.8 Å². The van der Waals surface area contributed by atoms with Crippen LogP contribution >= 0.6 is 0 Å². The highest BCUT2D eigenvalue weighted by Gasteiger charge is 2.32. The summed E-state index contributed by atoms with van der Waals surface area (Å²) in [6, 6.07) is 0.163. The third-order valence-corrected chi connectivity index (χ3v) is 3.01. The minimum absolute atomic E-state index is 0.150. The minimum atomic E-state index is -0.273. The van der Waals surface area contributed by atoms with E-state index in [4.69, 9.17) is 0 Å². The molecule has 2 aliphatic rings. The Morgan fingerprint density at radius 3 is 2.43 bits per heavy atom. The topological polar surface area (TPSA) is 58.2 Å². The zero-order valence-electron chi connectivity index (χ0n) is 8.21. The fraction of sp³-hybridized carbons (Fsp3) is 0.800. The van der Waals surface area contributed by atoms with Crippen molar-refractivity contribution in [2.24, 2.45) is 0 Å². The second-order valence-corrected chi connectivity index (χ2v) is 4.17. The van der Waals surface area contributed by atoms with E-state index in [0.29, 0.717) is 12.5 Å². The summed E-state index contributed by atoms with van der Waals surface area (Å²) in [7, 11) is 0. The number of rotatable bonds is 2. The molecule has 1 saturated carbocycles. The first-order valence-electron chi connectivity index (χ1n) is 5.35. The van der Waals surface area contributed by atoms with Gasteiger partial charge in [-0.3, -0.25) is 14.9 Å². The standard InChI is InChI=1S/C10H16N2O2/c13-9-6-8(10(14)12-9)11-7-4-2-1-3-5-7/h7-8,11H,1-6H2,(H,12,13,14)/t8-/m1/s1. The molecule has 4 nitrogen and oxygen atoms in total. The van der Waals surface area contributed by atoms with Crippen LogP contribution in [0.15, 0.2) is 0 Å². The number of hydrogen-bond donors (Lipinski definition) is 2. The van der Waals surface area contributed by atoms with Crippen LogP contribution in [0.4, 0.5) is 0 Å². The van der Waals surface area contributed by atoms with Gasteiger partial charge in [0, 0.05) is 6.04 Å². The predicted molar refractivity (Wildman–Crippen MR) is 51.6 cm³/mol. The molecule has 0 aromatic carbocycles. The van der Waals surface area contributed by atoms with Crippen molar-refractivity contribution in [2.45, 2.75) is 50.6 Å². The third kappa shape index (κ3) is 2.12. The average molecular weight is 196 g/mol. The Morgan fingerprint density at radius 1 is 1.14 bits per heavy atom. The molecular formula is C10H16N2O2. The van der Waals surface area contributed by atoms with Crippen molar-refractivity contribution in [3.63, 3.8) is 0 Å². The summed E-state index contributed by atoms with van der Waals surface area (Å²) in [6.07, 6.45) is 6.36. The fourth-order valence-electron chi connectivity index (χ4n) is 2.24. The maximum Gasteiger partial charge on any atom is 0.244 e. The van der Waals surface area contributed by atoms with E-state index in [9.17, 15) is 9.59 Å². The van der Waals surface area contributed by atoms with Crippen LogP contribution in [0.5, 0.6) is 0 Å². The first kappa shape index (κ1) is 9.65. The molecule has 0 unspecified atom stereocenters. The predicted octanol–water partition coefficient (Wildman–Crippen LogP) is 0.324. The monoisotopic (exact) mass is 196 g/mol. The Kier molecular flexibility index (Phi) is 2.82. The molecule has 1 atom stereocenters. The Labute approximate surface area is 83.4 Å². The van der Waals surface area contributed by atoms with Crippen LogP contribution in [0.3, 0.4) is 0 Å². The molecule has 78 valence electrons. The molecule has 1 heterocycles. The lowest BCUT2D eigenvalue weighted by molar-refractivity contribution is -0.125. The molecular weight excluding hydrogens is 180 g/mol. The SMILES string of the molecule is O=C1C[C@@H](NC2CCCCC2)C(=O)N1. The Bertz CT molecular complexity index is 247. The third-order valence-electron chi connectivity index (χ3n) is 3.01. The van der Waals surface area contributed by atoms with Gasteiger partial charge in [0.05, 0.1) is 12.5 Å². The van der Waals surface area contributed by atoms with Crippen molar-refractivity contribution in [1.29, 1.82) is 0 Å². The Morgan fingerprint density at radius 2 is 1.86 bits per heavy atom. The smallest absolute Gasteiger partial charge is 0.244 e. The molecule has 2 fully saturated rings. The molecule has 0 aromatic rings. The number of carbonyl (C=O) groups excluding carboxylic acids is 2. The van der Waals surface area contributed by atoms with E-state index < -0.39 is 0 Å². The van der Waals surface area contributed by atoms with E-state index in [1.807, 2.05) is 0 Å². The normalized spacial score (nSPS) is 29.3. The molecule has 1 aliphatic carbocycles. The zero-order chi connectivity index (χ0) is 9.97. The van der Waals surface area contributed by atoms with Crippen LogP contribution < -0.4 is 10.6 Å². The molecule has 1 saturated heterocycles. The average Bonchev–Trinajstić information content (AvgIpc) is 2.47. The second kappa shape index (κ2) is 4.09. The summed E-state index contributed by atoms with van der Waals surface area (Å²) in [5.41, 5.74) is 0. The van der Waals surface area contributed by atoms with Crippen molar-refractivity contribution < 1.29 is 9.59 Å². The van der Waals surface area contributed by atoms with Crippen LogP contribution in [-0.2, 0) is 9.59 Å². The lowest BCUT2D eigenvalue weighted by Gasteiger charge is -2.24. The van der Waals surface area contributed by atoms with E-state index in [-0.39, 0.29) is 17.9 Å². The fourth-order valence-corrected chi connectivity index (χ4v) is 2.24. The van der Waals surface area contributed by atoms with Gasteiger partial charge in [0.15, 0.2) is 0 Å². The van der Waals surface area contributed by atoms with Crippen molar-refractivity contribution in [1.82, 2.24) is 10.6 Å². The highest BCUT2D eigenvalue weighted by atomic mass is 16.2. The van der Waals surface area contributed by atoms with Gasteiger partial charge in [-0.25, -0.2) is 0 Å². The summed E-state index contributed by atoms with van der Waals surface area (Å²) in [5, 5.41) is 5.58. The first-order chi connectivity index (χ1) is 6.75. The van der Waals surface area contributed by atoms with Crippen molar-refractivity contribution >= 4 is 11.8 Å². The largest absolute Gasteiger partial charge is 0.303 e. The first-order valence-corrected chi connectivity index (χ1v) is 5.35. The van der Waals surface area contributed by atoms with Gasteiger partial charge in [0.1, 0.15) is 0 Å². The molecule has 0 spiro atoms. The Balaban J connectivity index is 1.84. The zero-order valence-corrected chi connectivity index (χ0v) is 8.21.